The van der Waals surface area contributed by atoms with Crippen LogP contribution in [0.25, 0.3) is 0 Å². The lowest BCUT2D eigenvalue weighted by molar-refractivity contribution is -0.126. The molecular weight excluding hydrogens is 104 g/mol. The van der Waals surface area contributed by atoms with Crippen LogP contribution >= 0.6 is 0 Å². The summed E-state index contributed by atoms with van der Waals surface area (Å²) in [5.41, 5.74) is 11.3. The largest absolute Gasteiger partial charge is 0.317 e. The Morgan fingerprint density at radius 1 is 1.62 bits per heavy atom. The molecule has 0 unspecified atom stereocenters. The lowest BCUT2D eigenvalue weighted by Gasteiger charge is -2.33. The molecular formula is C5H9N2O. The van der Waals surface area contributed by atoms with E-state index in [1.54, 1.807) is 0 Å². The van der Waals surface area contributed by atoms with Crippen molar-refractivity contribution in [2.75, 3.05) is 0 Å². The van der Waals surface area contributed by atoms with Crippen molar-refractivity contribution < 1.29 is 4.79 Å². The first kappa shape index (κ1) is 5.56. The minimum Gasteiger partial charge on any atom is -0.317 e. The SMILES string of the molecule is [NH]C(=O)C1(N)CCC1. The van der Waals surface area contributed by atoms with Crippen molar-refractivity contribution in [3.05, 3.63) is 0 Å². The van der Waals surface area contributed by atoms with Crippen LogP contribution in [0.5, 0.6) is 0 Å². The standard InChI is InChI=1S/C5H9N2O/c6-4(8)5(7)2-1-3-5/h6H,1-3,7H2. The summed E-state index contributed by atoms with van der Waals surface area (Å²) in [6.07, 6.45) is 2.41. The molecule has 0 saturated heterocycles. The zero-order valence-corrected chi connectivity index (χ0v) is 4.61. The number of carbonyl (C=O) groups is 1. The van der Waals surface area contributed by atoms with Crippen LogP contribution in [0.4, 0.5) is 0 Å². The van der Waals surface area contributed by atoms with Crippen molar-refractivity contribution >= 4 is 5.91 Å². The third-order valence-electron chi connectivity index (χ3n) is 1.70. The van der Waals surface area contributed by atoms with E-state index in [0.717, 1.165) is 6.42 Å². The maximum Gasteiger partial charge on any atom is 0.258 e. The van der Waals surface area contributed by atoms with Crippen LogP contribution in [0.15, 0.2) is 0 Å². The molecule has 0 aliphatic heterocycles. The maximum atomic E-state index is 10.3. The Kier molecular flexibility index (Phi) is 1.01. The summed E-state index contributed by atoms with van der Waals surface area (Å²) in [4.78, 5) is 10.3. The number of carbonyl (C=O) groups excluding carboxylic acids is 1. The first-order valence-corrected chi connectivity index (χ1v) is 2.70. The highest BCUT2D eigenvalue weighted by molar-refractivity contribution is 5.84. The molecule has 3 nitrogen and oxygen atoms in total. The third kappa shape index (κ3) is 0.591. The van der Waals surface area contributed by atoms with E-state index < -0.39 is 11.4 Å². The maximum absolute atomic E-state index is 10.3. The van der Waals surface area contributed by atoms with Gasteiger partial charge in [-0.15, -0.1) is 0 Å². The van der Waals surface area contributed by atoms with E-state index in [9.17, 15) is 4.79 Å². The fraction of sp³-hybridized carbons (Fsp3) is 0.800. The molecule has 3 heteroatoms. The molecule has 8 heavy (non-hydrogen) atoms. The summed E-state index contributed by atoms with van der Waals surface area (Å²) < 4.78 is 0. The Balaban J connectivity index is 2.53. The number of amides is 1. The quantitative estimate of drug-likeness (QED) is 0.506. The molecule has 3 N–H and O–H groups in total. The Morgan fingerprint density at radius 3 is 2.12 bits per heavy atom. The average molecular weight is 113 g/mol. The monoisotopic (exact) mass is 113 g/mol. The molecule has 0 aromatic rings. The summed E-state index contributed by atoms with van der Waals surface area (Å²) in [5, 5.41) is 0. The lowest BCUT2D eigenvalue weighted by atomic mass is 9.77. The second kappa shape index (κ2) is 1.45. The van der Waals surface area contributed by atoms with Crippen molar-refractivity contribution in [1.82, 2.24) is 5.73 Å². The van der Waals surface area contributed by atoms with Gasteiger partial charge in [-0.1, -0.05) is 0 Å². The van der Waals surface area contributed by atoms with Gasteiger partial charge in [-0.2, -0.15) is 0 Å². The van der Waals surface area contributed by atoms with Gasteiger partial charge in [0.25, 0.3) is 5.91 Å². The minimum absolute atomic E-state index is 0.608. The molecule has 1 saturated carbocycles. The summed E-state index contributed by atoms with van der Waals surface area (Å²) in [6, 6.07) is 0. The van der Waals surface area contributed by atoms with Gasteiger partial charge in [0.1, 0.15) is 0 Å². The van der Waals surface area contributed by atoms with Crippen LogP contribution < -0.4 is 11.5 Å². The van der Waals surface area contributed by atoms with E-state index >= 15 is 0 Å². The van der Waals surface area contributed by atoms with Gasteiger partial charge >= 0.3 is 0 Å². The number of nitrogens with two attached hydrogens (primary N) is 1. The molecule has 0 aromatic heterocycles. The number of nitrogens with one attached hydrogen (secondary N) is 1. The van der Waals surface area contributed by atoms with Crippen molar-refractivity contribution in [1.29, 1.82) is 0 Å². The van der Waals surface area contributed by atoms with E-state index in [0.29, 0.717) is 12.8 Å². The van der Waals surface area contributed by atoms with Crippen molar-refractivity contribution in [2.24, 2.45) is 5.73 Å². The molecule has 1 radical (unpaired) electrons. The van der Waals surface area contributed by atoms with Gasteiger partial charge in [-0.05, 0) is 19.3 Å². The number of hydrogen-bond donors (Lipinski definition) is 1. The van der Waals surface area contributed by atoms with Gasteiger partial charge in [-0.3, -0.25) is 10.5 Å². The summed E-state index contributed by atoms with van der Waals surface area (Å²) in [7, 11) is 0. The molecule has 45 valence electrons. The smallest absolute Gasteiger partial charge is 0.258 e. The molecule has 0 bridgehead atoms. The molecule has 0 spiro atoms. The normalized spacial score (nSPS) is 24.1. The van der Waals surface area contributed by atoms with Gasteiger partial charge in [0.2, 0.25) is 0 Å². The Labute approximate surface area is 48.0 Å². The predicted octanol–water partition coefficient (Wildman–Crippen LogP) is -0.323. The first-order valence-electron chi connectivity index (χ1n) is 2.70. The van der Waals surface area contributed by atoms with Crippen molar-refractivity contribution in [3.63, 3.8) is 0 Å². The van der Waals surface area contributed by atoms with Crippen LogP contribution in [0.2, 0.25) is 0 Å². The van der Waals surface area contributed by atoms with Crippen LogP contribution in [-0.2, 0) is 4.79 Å². The summed E-state index contributed by atoms with van der Waals surface area (Å²) in [5.74, 6) is -0.608. The zero-order valence-electron chi connectivity index (χ0n) is 4.61. The highest BCUT2D eigenvalue weighted by Crippen LogP contribution is 2.28. The van der Waals surface area contributed by atoms with Gasteiger partial charge in [-0.25, -0.2) is 0 Å². The molecule has 0 atom stereocenters. The van der Waals surface area contributed by atoms with Crippen LogP contribution in [-0.4, -0.2) is 11.4 Å². The third-order valence-corrected chi connectivity index (χ3v) is 1.70. The Morgan fingerprint density at radius 2 is 2.12 bits per heavy atom. The lowest BCUT2D eigenvalue weighted by Crippen LogP contribution is -2.54. The number of hydrogen-bond acceptors (Lipinski definition) is 2. The van der Waals surface area contributed by atoms with Gasteiger partial charge < -0.3 is 5.73 Å². The Hall–Kier alpha value is -0.570. The molecule has 1 aliphatic carbocycles. The first-order chi connectivity index (χ1) is 3.65. The second-order valence-electron chi connectivity index (χ2n) is 2.34. The summed E-state index contributed by atoms with van der Waals surface area (Å²) >= 11 is 0. The Bertz CT molecular complexity index is 118. The van der Waals surface area contributed by atoms with E-state index in [2.05, 4.69) is 0 Å². The average Bonchev–Trinajstić information content (AvgIpc) is 1.60. The molecule has 1 aliphatic rings. The predicted molar refractivity (Wildman–Crippen MR) is 28.9 cm³/mol. The molecule has 1 amide bonds. The van der Waals surface area contributed by atoms with E-state index in [-0.39, 0.29) is 0 Å². The molecule has 0 aromatic carbocycles. The minimum atomic E-state index is -0.750. The number of rotatable bonds is 1. The molecule has 1 fully saturated rings. The highest BCUT2D eigenvalue weighted by Gasteiger charge is 2.38. The van der Waals surface area contributed by atoms with E-state index in [1.165, 1.54) is 0 Å². The van der Waals surface area contributed by atoms with E-state index in [1.807, 2.05) is 0 Å². The van der Waals surface area contributed by atoms with Gasteiger partial charge in [0, 0.05) is 0 Å². The van der Waals surface area contributed by atoms with Crippen molar-refractivity contribution in [2.45, 2.75) is 24.8 Å². The fourth-order valence-corrected chi connectivity index (χ4v) is 0.785. The van der Waals surface area contributed by atoms with Crippen molar-refractivity contribution in [3.8, 4) is 0 Å². The topological polar surface area (TPSA) is 66.9 Å². The van der Waals surface area contributed by atoms with Gasteiger partial charge in [0.05, 0.1) is 5.54 Å². The highest BCUT2D eigenvalue weighted by atomic mass is 16.1. The zero-order chi connectivity index (χ0) is 6.20. The second-order valence-corrected chi connectivity index (χ2v) is 2.34. The van der Waals surface area contributed by atoms with Crippen LogP contribution in [0, 0.1) is 0 Å². The van der Waals surface area contributed by atoms with E-state index in [4.69, 9.17) is 11.5 Å². The molecule has 0 heterocycles. The van der Waals surface area contributed by atoms with Crippen LogP contribution in [0.3, 0.4) is 0 Å². The summed E-state index contributed by atoms with van der Waals surface area (Å²) in [6.45, 7) is 0. The molecule has 1 rings (SSSR count). The fourth-order valence-electron chi connectivity index (χ4n) is 0.785. The van der Waals surface area contributed by atoms with Gasteiger partial charge in [0.15, 0.2) is 0 Å². The van der Waals surface area contributed by atoms with Crippen LogP contribution in [0.1, 0.15) is 19.3 Å².